The van der Waals surface area contributed by atoms with E-state index in [4.69, 9.17) is 11.6 Å². The lowest BCUT2D eigenvalue weighted by molar-refractivity contribution is -0.892. The summed E-state index contributed by atoms with van der Waals surface area (Å²) in [7, 11) is 0. The van der Waals surface area contributed by atoms with Crippen LogP contribution in [0.25, 0.3) is 0 Å². The fourth-order valence-electron chi connectivity index (χ4n) is 3.37. The van der Waals surface area contributed by atoms with Gasteiger partial charge in [-0.15, -0.1) is 0 Å². The molecule has 1 amide bonds. The summed E-state index contributed by atoms with van der Waals surface area (Å²) in [5, 5.41) is 13.0. The quantitative estimate of drug-likeness (QED) is 0.830. The molecule has 2 fully saturated rings. The number of anilines is 1. The highest BCUT2D eigenvalue weighted by Crippen LogP contribution is 2.39. The van der Waals surface area contributed by atoms with Crippen LogP contribution in [0.5, 0.6) is 0 Å². The molecule has 2 aliphatic rings. The first-order chi connectivity index (χ1) is 11.5. The third kappa shape index (κ3) is 4.00. The fourth-order valence-corrected chi connectivity index (χ4v) is 3.56. The second kappa shape index (κ2) is 7.00. The van der Waals surface area contributed by atoms with Gasteiger partial charge in [-0.25, -0.2) is 0 Å². The maximum Gasteiger partial charge on any atom is 0.276 e. The van der Waals surface area contributed by atoms with Gasteiger partial charge in [0.1, 0.15) is 5.54 Å². The Bertz CT molecular complexity index is 647. The number of hydrogen-bond acceptors (Lipinski definition) is 3. The summed E-state index contributed by atoms with van der Waals surface area (Å²) in [6.07, 6.45) is 2.07. The molecule has 1 aliphatic heterocycles. The average Bonchev–Trinajstić information content (AvgIpc) is 3.41. The van der Waals surface area contributed by atoms with Crippen molar-refractivity contribution in [3.05, 3.63) is 29.3 Å². The van der Waals surface area contributed by atoms with Crippen molar-refractivity contribution in [3.63, 3.8) is 0 Å². The van der Waals surface area contributed by atoms with Crippen molar-refractivity contribution in [2.24, 2.45) is 5.92 Å². The topological polar surface area (TPSA) is 60.6 Å². The number of nitrogens with one attached hydrogen (secondary N) is 2. The van der Waals surface area contributed by atoms with Gasteiger partial charge in [0.05, 0.1) is 32.2 Å². The normalized spacial score (nSPS) is 21.0. The van der Waals surface area contributed by atoms with E-state index in [0.29, 0.717) is 12.5 Å². The predicted octanol–water partition coefficient (Wildman–Crippen LogP) is 0.853. The molecule has 0 spiro atoms. The molecule has 6 heteroatoms. The molecular formula is C18H24ClN4O+. The molecule has 1 heterocycles. The first-order valence-corrected chi connectivity index (χ1v) is 8.94. The Balaban J connectivity index is 1.48. The van der Waals surface area contributed by atoms with Crippen molar-refractivity contribution in [2.75, 3.05) is 37.6 Å². The molecule has 1 saturated heterocycles. The Morgan fingerprint density at radius 3 is 2.75 bits per heavy atom. The number of rotatable bonds is 5. The van der Waals surface area contributed by atoms with Crippen LogP contribution in [-0.2, 0) is 4.79 Å². The zero-order chi connectivity index (χ0) is 17.2. The lowest BCUT2D eigenvalue weighted by Gasteiger charge is -2.34. The minimum absolute atomic E-state index is 0.0165. The van der Waals surface area contributed by atoms with Gasteiger partial charge in [0.15, 0.2) is 6.54 Å². The van der Waals surface area contributed by atoms with Gasteiger partial charge in [0.25, 0.3) is 5.91 Å². The molecule has 24 heavy (non-hydrogen) atoms. The van der Waals surface area contributed by atoms with Crippen LogP contribution in [0, 0.1) is 17.2 Å². The molecule has 5 nitrogen and oxygen atoms in total. The van der Waals surface area contributed by atoms with Gasteiger partial charge < -0.3 is 15.1 Å². The summed E-state index contributed by atoms with van der Waals surface area (Å²) in [5.74, 6) is 0.304. The van der Waals surface area contributed by atoms with Gasteiger partial charge in [0.2, 0.25) is 0 Å². The van der Waals surface area contributed by atoms with Crippen LogP contribution in [0.4, 0.5) is 5.69 Å². The summed E-state index contributed by atoms with van der Waals surface area (Å²) in [6.45, 7) is 5.91. The maximum atomic E-state index is 12.3. The molecule has 1 saturated carbocycles. The van der Waals surface area contributed by atoms with Crippen LogP contribution < -0.4 is 15.1 Å². The number of nitrogens with zero attached hydrogens (tertiary/aromatic N) is 2. The van der Waals surface area contributed by atoms with Crippen LogP contribution in [0.2, 0.25) is 5.02 Å². The van der Waals surface area contributed by atoms with Gasteiger partial charge in [-0.3, -0.25) is 4.79 Å². The van der Waals surface area contributed by atoms with E-state index < -0.39 is 5.54 Å². The highest BCUT2D eigenvalue weighted by Gasteiger charge is 2.43. The highest BCUT2D eigenvalue weighted by molar-refractivity contribution is 6.30. The lowest BCUT2D eigenvalue weighted by atomic mass is 9.98. The number of nitriles is 1. The molecule has 1 atom stereocenters. The second-order valence-corrected chi connectivity index (χ2v) is 7.47. The minimum Gasteiger partial charge on any atom is -0.360 e. The number of piperazine rings is 1. The third-order valence-electron chi connectivity index (χ3n) is 5.08. The molecule has 3 rings (SSSR count). The van der Waals surface area contributed by atoms with E-state index in [1.54, 1.807) is 0 Å². The number of carbonyl (C=O) groups is 1. The number of hydrogen-bond donors (Lipinski definition) is 2. The van der Waals surface area contributed by atoms with Crippen LogP contribution in [0.1, 0.15) is 19.8 Å². The SMILES string of the molecule is C[C@@](C#N)(NC(=O)C[NH+]1CCN(c2cccc(Cl)c2)CC1)C1CC1. The van der Waals surface area contributed by atoms with Crippen LogP contribution in [0.15, 0.2) is 24.3 Å². The van der Waals surface area contributed by atoms with Crippen LogP contribution >= 0.6 is 11.6 Å². The minimum atomic E-state index is -0.695. The Morgan fingerprint density at radius 1 is 1.46 bits per heavy atom. The van der Waals surface area contributed by atoms with Crippen molar-refractivity contribution in [3.8, 4) is 6.07 Å². The van der Waals surface area contributed by atoms with Crippen molar-refractivity contribution in [2.45, 2.75) is 25.3 Å². The molecule has 1 aromatic carbocycles. The Labute approximate surface area is 148 Å². The van der Waals surface area contributed by atoms with E-state index in [9.17, 15) is 10.1 Å². The van der Waals surface area contributed by atoms with Gasteiger partial charge in [-0.05, 0) is 43.9 Å². The fraction of sp³-hybridized carbons (Fsp3) is 0.556. The van der Waals surface area contributed by atoms with Crippen molar-refractivity contribution in [1.82, 2.24) is 5.32 Å². The van der Waals surface area contributed by atoms with Crippen LogP contribution in [-0.4, -0.2) is 44.2 Å². The zero-order valence-corrected chi connectivity index (χ0v) is 14.8. The predicted molar refractivity (Wildman–Crippen MR) is 94.1 cm³/mol. The largest absolute Gasteiger partial charge is 0.360 e. The van der Waals surface area contributed by atoms with E-state index >= 15 is 0 Å². The van der Waals surface area contributed by atoms with Crippen molar-refractivity contribution < 1.29 is 9.69 Å². The number of quaternary nitrogens is 1. The Morgan fingerprint density at radius 2 is 2.17 bits per heavy atom. The summed E-state index contributed by atoms with van der Waals surface area (Å²) in [4.78, 5) is 15.9. The molecule has 0 aromatic heterocycles. The van der Waals surface area contributed by atoms with Gasteiger partial charge in [-0.1, -0.05) is 17.7 Å². The number of amides is 1. The van der Waals surface area contributed by atoms with Crippen molar-refractivity contribution >= 4 is 23.2 Å². The van der Waals surface area contributed by atoms with E-state index in [1.165, 1.54) is 4.90 Å². The molecule has 128 valence electrons. The standard InChI is InChI=1S/C18H23ClN4O/c1-18(13-20,14-5-6-14)21-17(24)12-22-7-9-23(10-8-22)16-4-2-3-15(19)11-16/h2-4,11,14H,5-10,12H2,1H3,(H,21,24)/p+1/t18-/m0/s1. The average molecular weight is 348 g/mol. The molecule has 1 aromatic rings. The van der Waals surface area contributed by atoms with E-state index in [-0.39, 0.29) is 5.91 Å². The van der Waals surface area contributed by atoms with Gasteiger partial charge in [-0.2, -0.15) is 5.26 Å². The van der Waals surface area contributed by atoms with Gasteiger partial charge >= 0.3 is 0 Å². The van der Waals surface area contributed by atoms with Crippen molar-refractivity contribution in [1.29, 1.82) is 5.26 Å². The smallest absolute Gasteiger partial charge is 0.276 e. The van der Waals surface area contributed by atoms with E-state index in [2.05, 4.69) is 22.4 Å². The summed E-state index contributed by atoms with van der Waals surface area (Å²) in [5.41, 5.74) is 0.441. The summed E-state index contributed by atoms with van der Waals surface area (Å²) < 4.78 is 0. The first-order valence-electron chi connectivity index (χ1n) is 8.56. The summed E-state index contributed by atoms with van der Waals surface area (Å²) >= 11 is 6.06. The number of carbonyl (C=O) groups excluding carboxylic acids is 1. The molecule has 2 N–H and O–H groups in total. The number of benzene rings is 1. The van der Waals surface area contributed by atoms with E-state index in [1.807, 2.05) is 25.1 Å². The molecule has 0 radical (unpaired) electrons. The monoisotopic (exact) mass is 347 g/mol. The first kappa shape index (κ1) is 17.1. The molecule has 0 unspecified atom stereocenters. The number of halogens is 1. The van der Waals surface area contributed by atoms with E-state index in [0.717, 1.165) is 49.7 Å². The Hall–Kier alpha value is -1.77. The Kier molecular flexibility index (Phi) is 4.98. The second-order valence-electron chi connectivity index (χ2n) is 7.03. The third-order valence-corrected chi connectivity index (χ3v) is 5.31. The highest BCUT2D eigenvalue weighted by atomic mass is 35.5. The molecular weight excluding hydrogens is 324 g/mol. The maximum absolute atomic E-state index is 12.3. The lowest BCUT2D eigenvalue weighted by Crippen LogP contribution is -3.16. The zero-order valence-electron chi connectivity index (χ0n) is 14.0. The van der Waals surface area contributed by atoms with Crippen LogP contribution in [0.3, 0.4) is 0 Å². The molecule has 0 bridgehead atoms. The van der Waals surface area contributed by atoms with Gasteiger partial charge in [0, 0.05) is 10.7 Å². The molecule has 1 aliphatic carbocycles. The summed E-state index contributed by atoms with van der Waals surface area (Å²) in [6, 6.07) is 10.2.